The Labute approximate surface area is 230 Å². The van der Waals surface area contributed by atoms with Crippen LogP contribution in [0.4, 0.5) is 0 Å². The van der Waals surface area contributed by atoms with Crippen molar-refractivity contribution >= 4 is 16.1 Å². The summed E-state index contributed by atoms with van der Waals surface area (Å²) in [5.41, 5.74) is 2.78. The van der Waals surface area contributed by atoms with Crippen LogP contribution in [0.25, 0.3) is 0 Å². The predicted octanol–water partition coefficient (Wildman–Crippen LogP) is 8.78. The van der Waals surface area contributed by atoms with Gasteiger partial charge in [0, 0.05) is 5.92 Å². The van der Waals surface area contributed by atoms with Crippen molar-refractivity contribution in [2.75, 3.05) is 0 Å². The van der Waals surface area contributed by atoms with Gasteiger partial charge < -0.3 is 4.74 Å². The first-order valence-corrected chi connectivity index (χ1v) is 17.3. The van der Waals surface area contributed by atoms with Gasteiger partial charge in [-0.2, -0.15) is 8.42 Å². The number of ether oxygens (including phenoxy) is 1. The Kier molecular flexibility index (Phi) is 9.51. The largest absolute Gasteiger partial charge is 0.439 e. The Morgan fingerprint density at radius 2 is 1.05 bits per heavy atom. The number of benzene rings is 1. The van der Waals surface area contributed by atoms with Crippen molar-refractivity contribution in [3.05, 3.63) is 34.4 Å². The van der Waals surface area contributed by atoms with E-state index in [1.807, 2.05) is 0 Å². The first-order chi connectivity index (χ1) is 18.4. The highest BCUT2D eigenvalue weighted by molar-refractivity contribution is 7.86. The summed E-state index contributed by atoms with van der Waals surface area (Å²) in [6, 6.07) is 4.63. The molecule has 0 aromatic heterocycles. The van der Waals surface area contributed by atoms with Crippen molar-refractivity contribution in [3.63, 3.8) is 0 Å². The third kappa shape index (κ3) is 6.66. The summed E-state index contributed by atoms with van der Waals surface area (Å²) in [6.45, 7) is 0. The van der Waals surface area contributed by atoms with Crippen LogP contribution in [-0.4, -0.2) is 24.4 Å². The summed E-state index contributed by atoms with van der Waals surface area (Å²) < 4.78 is 41.1. The van der Waals surface area contributed by atoms with Crippen LogP contribution in [0.5, 0.6) is 0 Å². The van der Waals surface area contributed by atoms with E-state index in [1.54, 1.807) is 0 Å². The van der Waals surface area contributed by atoms with Crippen LogP contribution in [0.2, 0.25) is 0 Å². The topological polar surface area (TPSA) is 80.7 Å². The minimum absolute atomic E-state index is 0.316. The van der Waals surface area contributed by atoms with Crippen LogP contribution in [0.3, 0.4) is 0 Å². The van der Waals surface area contributed by atoms with Gasteiger partial charge >= 0.3 is 16.1 Å². The van der Waals surface area contributed by atoms with Gasteiger partial charge in [-0.25, -0.2) is 4.79 Å². The van der Waals surface area contributed by atoms with Gasteiger partial charge in [-0.3, -0.25) is 4.55 Å². The van der Waals surface area contributed by atoms with Crippen LogP contribution in [0.1, 0.15) is 173 Å². The van der Waals surface area contributed by atoms with Crippen LogP contribution in [-0.2, 0) is 14.9 Å². The van der Waals surface area contributed by atoms with E-state index in [0.29, 0.717) is 36.2 Å². The lowest BCUT2D eigenvalue weighted by Gasteiger charge is -2.33. The normalized spacial score (nSPS) is 24.2. The molecule has 1 aromatic carbocycles. The summed E-state index contributed by atoms with van der Waals surface area (Å²) in [4.78, 5) is 14.2. The minimum Gasteiger partial charge on any atom is -0.439 e. The lowest BCUT2D eigenvalue weighted by molar-refractivity contribution is 0.0282. The second-order valence-corrected chi connectivity index (χ2v) is 14.3. The molecule has 0 amide bonds. The zero-order chi connectivity index (χ0) is 26.5. The van der Waals surface area contributed by atoms with Crippen molar-refractivity contribution in [2.24, 2.45) is 5.92 Å². The molecular formula is C32H48O5S. The van der Waals surface area contributed by atoms with Gasteiger partial charge in [-0.15, -0.1) is 0 Å². The highest BCUT2D eigenvalue weighted by atomic mass is 32.2. The van der Waals surface area contributed by atoms with Crippen molar-refractivity contribution in [1.82, 2.24) is 0 Å². The van der Waals surface area contributed by atoms with Gasteiger partial charge in [0.1, 0.15) is 0 Å². The molecule has 0 spiro atoms. The maximum Gasteiger partial charge on any atom is 0.340 e. The van der Waals surface area contributed by atoms with E-state index in [1.165, 1.54) is 76.2 Å². The smallest absolute Gasteiger partial charge is 0.340 e. The molecule has 4 aliphatic rings. The molecule has 0 bridgehead atoms. The highest BCUT2D eigenvalue weighted by Crippen LogP contribution is 2.44. The molecule has 1 aromatic rings. The quantitative estimate of drug-likeness (QED) is 0.274. The van der Waals surface area contributed by atoms with Gasteiger partial charge in [0.15, 0.2) is 0 Å². The number of carbonyl (C=O) groups excluding carboxylic acids is 1. The SMILES string of the molecule is O=C(OC(C1CCCCC1)S(=O)(=O)O)c1c(C2CCCCC2)cc(C2CCCCC2)cc1C1CCCCC1. The number of rotatable bonds is 7. The van der Waals surface area contributed by atoms with Gasteiger partial charge in [0.05, 0.1) is 5.56 Å². The second-order valence-electron chi connectivity index (χ2n) is 12.8. The van der Waals surface area contributed by atoms with Gasteiger partial charge in [-0.05, 0) is 85.8 Å². The molecule has 212 valence electrons. The zero-order valence-electron chi connectivity index (χ0n) is 23.2. The van der Waals surface area contributed by atoms with E-state index >= 15 is 0 Å². The summed E-state index contributed by atoms with van der Waals surface area (Å²) >= 11 is 0. The second kappa shape index (κ2) is 12.8. The van der Waals surface area contributed by atoms with Crippen molar-refractivity contribution in [3.8, 4) is 0 Å². The van der Waals surface area contributed by atoms with E-state index in [2.05, 4.69) is 12.1 Å². The minimum atomic E-state index is -4.51. The van der Waals surface area contributed by atoms with E-state index in [0.717, 1.165) is 56.1 Å². The highest BCUT2D eigenvalue weighted by Gasteiger charge is 2.39. The molecule has 1 atom stereocenters. The molecule has 38 heavy (non-hydrogen) atoms. The average molecular weight is 545 g/mol. The Balaban J connectivity index is 1.57. The van der Waals surface area contributed by atoms with Crippen LogP contribution < -0.4 is 0 Å². The molecule has 5 rings (SSSR count). The Hall–Kier alpha value is -1.40. The fourth-order valence-corrected chi connectivity index (χ4v) is 9.03. The van der Waals surface area contributed by atoms with Crippen LogP contribution in [0, 0.1) is 5.92 Å². The first-order valence-electron chi connectivity index (χ1n) is 15.8. The average Bonchev–Trinajstić information content (AvgIpc) is 2.96. The van der Waals surface area contributed by atoms with E-state index < -0.39 is 21.5 Å². The van der Waals surface area contributed by atoms with Crippen LogP contribution >= 0.6 is 0 Å². The maximum atomic E-state index is 14.2. The van der Waals surface area contributed by atoms with Crippen molar-refractivity contribution in [2.45, 2.75) is 152 Å². The molecule has 4 fully saturated rings. The molecule has 1 unspecified atom stereocenters. The molecule has 0 heterocycles. The summed E-state index contributed by atoms with van der Waals surface area (Å²) in [5, 5.41) is 0. The van der Waals surface area contributed by atoms with E-state index in [4.69, 9.17) is 4.74 Å². The maximum absolute atomic E-state index is 14.2. The van der Waals surface area contributed by atoms with E-state index in [9.17, 15) is 17.8 Å². The molecular weight excluding hydrogens is 496 g/mol. The third-order valence-electron chi connectivity index (χ3n) is 10.1. The standard InChI is InChI=1S/C32H48O5S/c33-31(37-32(38(34,35)36)26-19-11-4-12-20-26)30-28(24-15-7-2-8-16-24)21-27(23-13-5-1-6-14-23)22-29(30)25-17-9-3-10-18-25/h21-26,32H,1-20H2,(H,34,35,36). The summed E-state index contributed by atoms with van der Waals surface area (Å²) in [5.74, 6) is 0.327. The summed E-state index contributed by atoms with van der Waals surface area (Å²) in [6.07, 6.45) is 21.9. The fraction of sp³-hybridized carbons (Fsp3) is 0.781. The van der Waals surface area contributed by atoms with Gasteiger partial charge in [0.25, 0.3) is 0 Å². The monoisotopic (exact) mass is 544 g/mol. The number of hydrogen-bond donors (Lipinski definition) is 1. The number of carbonyl (C=O) groups is 1. The number of esters is 1. The molecule has 6 heteroatoms. The third-order valence-corrected chi connectivity index (χ3v) is 11.2. The fourth-order valence-electron chi connectivity index (χ4n) is 8.06. The molecule has 4 saturated carbocycles. The molecule has 4 aliphatic carbocycles. The Bertz CT molecular complexity index is 1000. The Morgan fingerprint density at radius 3 is 1.47 bits per heavy atom. The summed E-state index contributed by atoms with van der Waals surface area (Å²) in [7, 11) is -4.51. The van der Waals surface area contributed by atoms with Crippen LogP contribution in [0.15, 0.2) is 12.1 Å². The first kappa shape index (κ1) is 28.1. The molecule has 5 nitrogen and oxygen atoms in total. The molecule has 0 radical (unpaired) electrons. The molecule has 1 N–H and O–H groups in total. The molecule has 0 aliphatic heterocycles. The number of hydrogen-bond acceptors (Lipinski definition) is 4. The lowest BCUT2D eigenvalue weighted by atomic mass is 9.73. The van der Waals surface area contributed by atoms with Gasteiger partial charge in [0.2, 0.25) is 5.44 Å². The zero-order valence-corrected chi connectivity index (χ0v) is 24.0. The Morgan fingerprint density at radius 1 is 0.658 bits per heavy atom. The van der Waals surface area contributed by atoms with Crippen molar-refractivity contribution < 1.29 is 22.5 Å². The van der Waals surface area contributed by atoms with Crippen molar-refractivity contribution in [1.29, 1.82) is 0 Å². The molecule has 0 saturated heterocycles. The van der Waals surface area contributed by atoms with E-state index in [-0.39, 0.29) is 5.92 Å². The van der Waals surface area contributed by atoms with Gasteiger partial charge in [-0.1, -0.05) is 89.2 Å². The lowest BCUT2D eigenvalue weighted by Crippen LogP contribution is -2.36. The predicted molar refractivity (Wildman–Crippen MR) is 151 cm³/mol.